The van der Waals surface area contributed by atoms with E-state index in [4.69, 9.17) is 9.47 Å². The third kappa shape index (κ3) is 2.97. The first-order chi connectivity index (χ1) is 18.5. The molecule has 5 aromatic carbocycles. The van der Waals surface area contributed by atoms with Crippen LogP contribution in [0.15, 0.2) is 103 Å². The summed E-state index contributed by atoms with van der Waals surface area (Å²) in [5, 5.41) is 2.44. The normalized spacial score (nSPS) is 13.3. The molecule has 0 N–H and O–H groups in total. The molecule has 0 radical (unpaired) electrons. The van der Waals surface area contributed by atoms with Gasteiger partial charge in [-0.15, -0.1) is 0 Å². The standard InChI is InChI=1S/C34H26BNO2/c1-34(2,3)21-17-25-27-20-23(37-22-11-5-4-6-12-22)19-26-24-13-7-9-15-29(24)36(33(26)27)35-28-14-8-10-16-30(28)38-31(18-21)32(25)35/h4-20H,1-3H3. The van der Waals surface area contributed by atoms with Crippen LogP contribution in [0.25, 0.3) is 32.9 Å². The molecule has 0 unspecified atom stereocenters. The SMILES string of the molecule is CC(C)(C)c1cc2c3c(c1)-c1cc(Oc4ccccc4)cc4c5ccccc5n(c14)B3c1ccccc1O2. The summed E-state index contributed by atoms with van der Waals surface area (Å²) in [7, 11) is 0. The topological polar surface area (TPSA) is 23.4 Å². The minimum absolute atomic E-state index is 0.0250. The number of aromatic nitrogens is 1. The number of fused-ring (bicyclic) bond motifs is 7. The van der Waals surface area contributed by atoms with Gasteiger partial charge in [0.1, 0.15) is 23.0 Å². The van der Waals surface area contributed by atoms with Crippen molar-refractivity contribution in [3.8, 4) is 34.1 Å². The van der Waals surface area contributed by atoms with E-state index in [0.717, 1.165) is 23.0 Å². The van der Waals surface area contributed by atoms with Crippen LogP contribution < -0.4 is 20.4 Å². The fourth-order valence-corrected chi connectivity index (χ4v) is 6.25. The summed E-state index contributed by atoms with van der Waals surface area (Å²) in [6.07, 6.45) is 0. The molecular weight excluding hydrogens is 465 g/mol. The molecule has 0 amide bonds. The zero-order valence-corrected chi connectivity index (χ0v) is 21.7. The number of rotatable bonds is 2. The van der Waals surface area contributed by atoms with Gasteiger partial charge in [-0.1, -0.05) is 81.4 Å². The molecule has 0 atom stereocenters. The lowest BCUT2D eigenvalue weighted by Gasteiger charge is -2.35. The fraction of sp³-hybridized carbons (Fsp3) is 0.118. The third-order valence-corrected chi connectivity index (χ3v) is 8.02. The van der Waals surface area contributed by atoms with E-state index in [0.29, 0.717) is 0 Å². The molecule has 2 aliphatic rings. The minimum Gasteiger partial charge on any atom is -0.458 e. The van der Waals surface area contributed by atoms with Crippen molar-refractivity contribution in [3.63, 3.8) is 0 Å². The van der Waals surface area contributed by atoms with Crippen LogP contribution in [-0.4, -0.2) is 11.3 Å². The molecule has 4 heteroatoms. The predicted molar refractivity (Wildman–Crippen MR) is 157 cm³/mol. The highest BCUT2D eigenvalue weighted by Crippen LogP contribution is 2.46. The highest BCUT2D eigenvalue weighted by atomic mass is 16.5. The van der Waals surface area contributed by atoms with Gasteiger partial charge in [-0.2, -0.15) is 0 Å². The summed E-state index contributed by atoms with van der Waals surface area (Å²) in [5.74, 6) is 3.55. The molecule has 0 aliphatic carbocycles. The van der Waals surface area contributed by atoms with Gasteiger partial charge in [-0.05, 0) is 64.5 Å². The zero-order chi connectivity index (χ0) is 25.6. The van der Waals surface area contributed by atoms with E-state index in [1.807, 2.05) is 30.3 Å². The number of hydrogen-bond donors (Lipinski definition) is 0. The molecule has 0 saturated heterocycles. The van der Waals surface area contributed by atoms with Gasteiger partial charge < -0.3 is 14.0 Å². The van der Waals surface area contributed by atoms with E-state index in [1.54, 1.807) is 0 Å². The number of benzene rings is 5. The van der Waals surface area contributed by atoms with Crippen LogP contribution in [0, 0.1) is 0 Å². The Morgan fingerprint density at radius 3 is 2.29 bits per heavy atom. The van der Waals surface area contributed by atoms with Gasteiger partial charge in [0.15, 0.2) is 0 Å². The van der Waals surface area contributed by atoms with E-state index < -0.39 is 0 Å². The Labute approximate surface area is 222 Å². The Morgan fingerprint density at radius 2 is 1.45 bits per heavy atom. The van der Waals surface area contributed by atoms with Crippen molar-refractivity contribution >= 4 is 39.6 Å². The molecule has 1 aromatic heterocycles. The van der Waals surface area contributed by atoms with Crippen molar-refractivity contribution in [2.24, 2.45) is 0 Å². The van der Waals surface area contributed by atoms with Crippen molar-refractivity contribution in [1.82, 2.24) is 4.48 Å². The van der Waals surface area contributed by atoms with Crippen molar-refractivity contribution < 1.29 is 9.47 Å². The van der Waals surface area contributed by atoms with Gasteiger partial charge in [-0.25, -0.2) is 0 Å². The number of nitrogens with zero attached hydrogens (tertiary/aromatic N) is 1. The average Bonchev–Trinajstić information content (AvgIpc) is 3.25. The fourth-order valence-electron chi connectivity index (χ4n) is 6.25. The first-order valence-corrected chi connectivity index (χ1v) is 13.2. The molecular formula is C34H26BNO2. The van der Waals surface area contributed by atoms with Crippen LogP contribution in [0.3, 0.4) is 0 Å². The maximum absolute atomic E-state index is 6.64. The van der Waals surface area contributed by atoms with Gasteiger partial charge in [-0.3, -0.25) is 0 Å². The van der Waals surface area contributed by atoms with Crippen molar-refractivity contribution in [2.75, 3.05) is 0 Å². The quantitative estimate of drug-likeness (QED) is 0.232. The molecule has 8 rings (SSSR count). The second kappa shape index (κ2) is 7.55. The number of hydrogen-bond acceptors (Lipinski definition) is 2. The second-order valence-corrected chi connectivity index (χ2v) is 11.4. The number of ether oxygens (including phenoxy) is 2. The van der Waals surface area contributed by atoms with Gasteiger partial charge in [0, 0.05) is 32.8 Å². The lowest BCUT2D eigenvalue weighted by molar-refractivity contribution is 0.482. The summed E-state index contributed by atoms with van der Waals surface area (Å²) < 4.78 is 15.6. The molecule has 2 aliphatic heterocycles. The summed E-state index contributed by atoms with van der Waals surface area (Å²) >= 11 is 0. The van der Waals surface area contributed by atoms with Gasteiger partial charge in [0.25, 0.3) is 0 Å². The monoisotopic (exact) mass is 491 g/mol. The molecule has 3 heterocycles. The summed E-state index contributed by atoms with van der Waals surface area (Å²) in [4.78, 5) is 0. The van der Waals surface area contributed by atoms with Crippen LogP contribution in [0.5, 0.6) is 23.0 Å². The first kappa shape index (κ1) is 21.6. The highest BCUT2D eigenvalue weighted by Gasteiger charge is 2.41. The van der Waals surface area contributed by atoms with Gasteiger partial charge in [0.05, 0.1) is 0 Å². The predicted octanol–water partition coefficient (Wildman–Crippen LogP) is 7.62. The minimum atomic E-state index is -0.0250. The Morgan fingerprint density at radius 1 is 0.684 bits per heavy atom. The summed E-state index contributed by atoms with van der Waals surface area (Å²) in [5.41, 5.74) is 8.54. The Hall–Kier alpha value is -4.44. The van der Waals surface area contributed by atoms with E-state index >= 15 is 0 Å². The van der Waals surface area contributed by atoms with E-state index in [2.05, 4.69) is 98.0 Å². The molecule has 0 bridgehead atoms. The maximum Gasteiger partial charge on any atom is 0.336 e. The maximum atomic E-state index is 6.64. The third-order valence-electron chi connectivity index (χ3n) is 8.02. The van der Waals surface area contributed by atoms with Crippen LogP contribution >= 0.6 is 0 Å². The lowest BCUT2D eigenvalue weighted by atomic mass is 9.46. The largest absolute Gasteiger partial charge is 0.458 e. The molecule has 0 saturated carbocycles. The van der Waals surface area contributed by atoms with Crippen LogP contribution in [0.1, 0.15) is 26.3 Å². The molecule has 38 heavy (non-hydrogen) atoms. The zero-order valence-electron chi connectivity index (χ0n) is 21.7. The highest BCUT2D eigenvalue weighted by molar-refractivity contribution is 6.88. The smallest absolute Gasteiger partial charge is 0.336 e. The van der Waals surface area contributed by atoms with E-state index in [-0.39, 0.29) is 12.3 Å². The first-order valence-electron chi connectivity index (χ1n) is 13.2. The van der Waals surface area contributed by atoms with Crippen molar-refractivity contribution in [2.45, 2.75) is 26.2 Å². The molecule has 182 valence electrons. The van der Waals surface area contributed by atoms with Crippen molar-refractivity contribution in [3.05, 3.63) is 109 Å². The molecule has 0 fully saturated rings. The van der Waals surface area contributed by atoms with Gasteiger partial charge >= 0.3 is 6.85 Å². The molecule has 0 spiro atoms. The Bertz CT molecular complexity index is 1910. The van der Waals surface area contributed by atoms with Crippen molar-refractivity contribution in [1.29, 1.82) is 0 Å². The molecule has 6 aromatic rings. The summed E-state index contributed by atoms with van der Waals surface area (Å²) in [6, 6.07) is 36.3. The van der Waals surface area contributed by atoms with E-state index in [1.165, 1.54) is 49.4 Å². The summed E-state index contributed by atoms with van der Waals surface area (Å²) in [6.45, 7) is 6.83. The van der Waals surface area contributed by atoms with E-state index in [9.17, 15) is 0 Å². The average molecular weight is 491 g/mol. The van der Waals surface area contributed by atoms with Crippen LogP contribution in [0.2, 0.25) is 0 Å². The number of para-hydroxylation sites is 3. The van der Waals surface area contributed by atoms with Gasteiger partial charge in [0.2, 0.25) is 0 Å². The lowest BCUT2D eigenvalue weighted by Crippen LogP contribution is -2.54. The molecule has 3 nitrogen and oxygen atoms in total. The van der Waals surface area contributed by atoms with Crippen LogP contribution in [0.4, 0.5) is 0 Å². The Balaban J connectivity index is 1.52. The van der Waals surface area contributed by atoms with Crippen LogP contribution in [-0.2, 0) is 5.41 Å². The Kier molecular flexibility index (Phi) is 4.30. The second-order valence-electron chi connectivity index (χ2n) is 11.4.